The molecule has 0 radical (unpaired) electrons. The molecule has 0 amide bonds. The summed E-state index contributed by atoms with van der Waals surface area (Å²) >= 11 is 1.76. The van der Waals surface area contributed by atoms with E-state index in [1.54, 1.807) is 11.8 Å². The summed E-state index contributed by atoms with van der Waals surface area (Å²) in [6.07, 6.45) is 8.88. The molecule has 2 aliphatic rings. The molecule has 7 rings (SSSR count). The smallest absolute Gasteiger partial charge is 0.178 e. The van der Waals surface area contributed by atoms with Gasteiger partial charge in [-0.05, 0) is 64.9 Å². The Morgan fingerprint density at radius 2 is 1.33 bits per heavy atom. The number of rotatable bonds is 5. The number of fused-ring (bicyclic) bond motifs is 8. The van der Waals surface area contributed by atoms with Crippen LogP contribution in [0.15, 0.2) is 114 Å². The van der Waals surface area contributed by atoms with Crippen molar-refractivity contribution in [3.8, 4) is 16.9 Å². The van der Waals surface area contributed by atoms with E-state index in [1.165, 1.54) is 43.5 Å². The molecule has 1 aliphatic carbocycles. The minimum Gasteiger partial charge on any atom is -0.472 e. The average molecular weight is 525 g/mol. The van der Waals surface area contributed by atoms with Crippen molar-refractivity contribution in [3.05, 3.63) is 137 Å². The fourth-order valence-electron chi connectivity index (χ4n) is 7.11. The van der Waals surface area contributed by atoms with Gasteiger partial charge in [-0.25, -0.2) is 0 Å². The third-order valence-electron chi connectivity index (χ3n) is 9.07. The predicted octanol–water partition coefficient (Wildman–Crippen LogP) is 10.00. The molecular formula is C37H32OS. The maximum absolute atomic E-state index is 7.39. The van der Waals surface area contributed by atoms with Gasteiger partial charge in [0.15, 0.2) is 5.60 Å². The summed E-state index contributed by atoms with van der Waals surface area (Å²) < 4.78 is 7.39. The van der Waals surface area contributed by atoms with E-state index < -0.39 is 5.60 Å². The Labute approximate surface area is 235 Å². The molecule has 1 unspecified atom stereocenters. The molecule has 5 aromatic carbocycles. The number of hydrogen-bond donors (Lipinski definition) is 0. The van der Waals surface area contributed by atoms with Crippen LogP contribution in [0.25, 0.3) is 28.0 Å². The first-order valence-corrected chi connectivity index (χ1v) is 15.2. The molecule has 0 saturated carbocycles. The molecule has 5 aromatic rings. The first-order chi connectivity index (χ1) is 19.2. The van der Waals surface area contributed by atoms with Crippen LogP contribution in [0.1, 0.15) is 54.5 Å². The Kier molecular flexibility index (Phi) is 5.72. The molecule has 0 bridgehead atoms. The zero-order valence-electron chi connectivity index (χ0n) is 22.7. The van der Waals surface area contributed by atoms with E-state index in [2.05, 4.69) is 135 Å². The highest BCUT2D eigenvalue weighted by Gasteiger charge is 2.46. The number of ether oxygens (including phenoxy) is 1. The quantitative estimate of drug-likeness (QED) is 0.212. The SMILES string of the molecule is CCC1(CC)c2ccccc2-c2c1c1c(c3ccccc23)OC(c2ccccc2)(c2ccc(SC)cc2)C=C1. The zero-order valence-corrected chi connectivity index (χ0v) is 23.5. The third kappa shape index (κ3) is 3.34. The molecule has 1 nitrogen and oxygen atoms in total. The summed E-state index contributed by atoms with van der Waals surface area (Å²) in [6, 6.07) is 37.4. The van der Waals surface area contributed by atoms with E-state index in [1.807, 2.05) is 0 Å². The molecule has 39 heavy (non-hydrogen) atoms. The highest BCUT2D eigenvalue weighted by molar-refractivity contribution is 7.98. The maximum atomic E-state index is 7.39. The molecule has 0 aromatic heterocycles. The minimum absolute atomic E-state index is 0.0412. The zero-order chi connectivity index (χ0) is 26.6. The van der Waals surface area contributed by atoms with Crippen LogP contribution in [0, 0.1) is 0 Å². The Bertz CT molecular complexity index is 1730. The van der Waals surface area contributed by atoms with Gasteiger partial charge in [0.1, 0.15) is 5.75 Å². The van der Waals surface area contributed by atoms with E-state index in [4.69, 9.17) is 4.74 Å². The average Bonchev–Trinajstić information content (AvgIpc) is 3.32. The Hall–Kier alpha value is -3.75. The summed E-state index contributed by atoms with van der Waals surface area (Å²) in [6.45, 7) is 4.68. The highest BCUT2D eigenvalue weighted by atomic mass is 32.2. The molecule has 2 heteroatoms. The molecule has 0 fully saturated rings. The van der Waals surface area contributed by atoms with Crippen LogP contribution >= 0.6 is 11.8 Å². The second-order valence-electron chi connectivity index (χ2n) is 10.6. The van der Waals surface area contributed by atoms with Gasteiger partial charge < -0.3 is 4.74 Å². The van der Waals surface area contributed by atoms with Crippen LogP contribution in [0.2, 0.25) is 0 Å². The van der Waals surface area contributed by atoms with E-state index in [0.717, 1.165) is 29.7 Å². The lowest BCUT2D eigenvalue weighted by Gasteiger charge is -2.39. The summed E-state index contributed by atoms with van der Waals surface area (Å²) in [4.78, 5) is 1.25. The van der Waals surface area contributed by atoms with Gasteiger partial charge in [0.05, 0.1) is 0 Å². The van der Waals surface area contributed by atoms with Gasteiger partial charge in [-0.15, -0.1) is 11.8 Å². The minimum atomic E-state index is -0.714. The molecular weight excluding hydrogens is 492 g/mol. The lowest BCUT2D eigenvalue weighted by Crippen LogP contribution is -2.35. The van der Waals surface area contributed by atoms with Crippen molar-refractivity contribution in [2.75, 3.05) is 6.26 Å². The van der Waals surface area contributed by atoms with Crippen molar-refractivity contribution < 1.29 is 4.74 Å². The number of hydrogen-bond acceptors (Lipinski definition) is 2. The van der Waals surface area contributed by atoms with Crippen LogP contribution in [-0.2, 0) is 11.0 Å². The van der Waals surface area contributed by atoms with Gasteiger partial charge in [0.25, 0.3) is 0 Å². The van der Waals surface area contributed by atoms with Crippen molar-refractivity contribution in [1.82, 2.24) is 0 Å². The fraction of sp³-hybridized carbons (Fsp3) is 0.189. The lowest BCUT2D eigenvalue weighted by molar-refractivity contribution is 0.163. The van der Waals surface area contributed by atoms with Crippen LogP contribution in [0.3, 0.4) is 0 Å². The van der Waals surface area contributed by atoms with Crippen molar-refractivity contribution in [3.63, 3.8) is 0 Å². The summed E-state index contributed by atoms with van der Waals surface area (Å²) in [5.41, 5.74) is 8.38. The first kappa shape index (κ1) is 24.3. The summed E-state index contributed by atoms with van der Waals surface area (Å²) in [7, 11) is 0. The maximum Gasteiger partial charge on any atom is 0.178 e. The third-order valence-corrected chi connectivity index (χ3v) is 9.82. The summed E-state index contributed by atoms with van der Waals surface area (Å²) in [5.74, 6) is 0.990. The normalized spacial score (nSPS) is 18.3. The largest absolute Gasteiger partial charge is 0.472 e. The lowest BCUT2D eigenvalue weighted by atomic mass is 9.71. The van der Waals surface area contributed by atoms with E-state index in [0.29, 0.717) is 0 Å². The molecule has 0 saturated heterocycles. The van der Waals surface area contributed by atoms with Gasteiger partial charge in [-0.1, -0.05) is 111 Å². The topological polar surface area (TPSA) is 9.23 Å². The van der Waals surface area contributed by atoms with Gasteiger partial charge in [0.2, 0.25) is 0 Å². The molecule has 0 spiro atoms. The number of benzene rings is 5. The van der Waals surface area contributed by atoms with Crippen LogP contribution in [0.4, 0.5) is 0 Å². The molecule has 1 atom stereocenters. The van der Waals surface area contributed by atoms with Crippen molar-refractivity contribution in [2.24, 2.45) is 0 Å². The standard InChI is InChI=1S/C37H32OS/c1-4-36(5-2)32-18-12-11-17-30(32)33-28-15-9-10-16-29(28)35-31(34(33)36)23-24-37(38-35,25-13-7-6-8-14-25)26-19-21-27(39-3)22-20-26/h6-24H,4-5H2,1-3H3. The fourth-order valence-corrected chi connectivity index (χ4v) is 7.52. The molecule has 0 N–H and O–H groups in total. The Balaban J connectivity index is 1.56. The van der Waals surface area contributed by atoms with Gasteiger partial charge in [0, 0.05) is 32.4 Å². The van der Waals surface area contributed by atoms with Crippen molar-refractivity contribution >= 4 is 28.6 Å². The molecule has 1 heterocycles. The monoisotopic (exact) mass is 524 g/mol. The van der Waals surface area contributed by atoms with Gasteiger partial charge in [-0.2, -0.15) is 0 Å². The predicted molar refractivity (Wildman–Crippen MR) is 166 cm³/mol. The van der Waals surface area contributed by atoms with E-state index in [9.17, 15) is 0 Å². The second-order valence-corrected chi connectivity index (χ2v) is 11.5. The van der Waals surface area contributed by atoms with E-state index >= 15 is 0 Å². The Morgan fingerprint density at radius 3 is 2.05 bits per heavy atom. The van der Waals surface area contributed by atoms with E-state index in [-0.39, 0.29) is 5.41 Å². The van der Waals surface area contributed by atoms with Crippen LogP contribution in [-0.4, -0.2) is 6.26 Å². The second kappa shape index (κ2) is 9.17. The van der Waals surface area contributed by atoms with Gasteiger partial charge >= 0.3 is 0 Å². The Morgan fingerprint density at radius 1 is 0.692 bits per heavy atom. The van der Waals surface area contributed by atoms with Crippen molar-refractivity contribution in [2.45, 2.75) is 42.6 Å². The first-order valence-electron chi connectivity index (χ1n) is 13.9. The number of thioether (sulfide) groups is 1. The van der Waals surface area contributed by atoms with Crippen molar-refractivity contribution in [1.29, 1.82) is 0 Å². The van der Waals surface area contributed by atoms with Crippen LogP contribution < -0.4 is 4.74 Å². The van der Waals surface area contributed by atoms with Gasteiger partial charge in [-0.3, -0.25) is 0 Å². The molecule has 1 aliphatic heterocycles. The van der Waals surface area contributed by atoms with Crippen LogP contribution in [0.5, 0.6) is 5.75 Å². The molecule has 192 valence electrons. The highest BCUT2D eigenvalue weighted by Crippen LogP contribution is 2.60. The summed E-state index contributed by atoms with van der Waals surface area (Å²) in [5, 5.41) is 2.45.